The number of hydrogen-bond donors (Lipinski definition) is 2. The number of aromatic nitrogens is 5. The first kappa shape index (κ1) is 25.9. The summed E-state index contributed by atoms with van der Waals surface area (Å²) in [5, 5.41) is 22.6. The predicted octanol–water partition coefficient (Wildman–Crippen LogP) is 3.87. The third kappa shape index (κ3) is 5.91. The summed E-state index contributed by atoms with van der Waals surface area (Å²) in [6.07, 6.45) is 3.69. The number of aliphatic hydroxyl groups is 1. The molecule has 1 saturated heterocycles. The van der Waals surface area contributed by atoms with Gasteiger partial charge in [0, 0.05) is 61.7 Å². The van der Waals surface area contributed by atoms with Gasteiger partial charge in [0.25, 0.3) is 0 Å². The molecule has 3 aromatic heterocycles. The molecule has 0 spiro atoms. The van der Waals surface area contributed by atoms with Gasteiger partial charge in [-0.3, -0.25) is 9.58 Å². The Morgan fingerprint density at radius 2 is 1.95 bits per heavy atom. The van der Waals surface area contributed by atoms with Crippen LogP contribution in [0, 0.1) is 0 Å². The van der Waals surface area contributed by atoms with Crippen molar-refractivity contribution in [2.45, 2.75) is 69.3 Å². The smallest absolute Gasteiger partial charge is 0.390 e. The average Bonchev–Trinajstić information content (AvgIpc) is 3.43. The molecule has 0 radical (unpaired) electrons. The van der Waals surface area contributed by atoms with Gasteiger partial charge in [0.2, 0.25) is 5.95 Å². The number of methoxy groups -OCH3 is 1. The zero-order valence-corrected chi connectivity index (χ0v) is 21.2. The van der Waals surface area contributed by atoms with Crippen molar-refractivity contribution in [1.29, 1.82) is 0 Å². The molecule has 12 heteroatoms. The third-order valence-corrected chi connectivity index (χ3v) is 7.39. The van der Waals surface area contributed by atoms with E-state index in [1.165, 1.54) is 0 Å². The van der Waals surface area contributed by atoms with Crippen LogP contribution in [0.25, 0.3) is 16.6 Å². The number of nitrogens with one attached hydrogen (secondary N) is 1. The van der Waals surface area contributed by atoms with Crippen molar-refractivity contribution in [2.24, 2.45) is 0 Å². The minimum atomic E-state index is -4.13. The third-order valence-electron chi connectivity index (χ3n) is 7.39. The van der Waals surface area contributed by atoms with Crippen LogP contribution in [0.5, 0.6) is 0 Å². The number of rotatable bonds is 9. The van der Waals surface area contributed by atoms with Crippen LogP contribution in [-0.2, 0) is 4.74 Å². The van der Waals surface area contributed by atoms with E-state index in [2.05, 4.69) is 21.5 Å². The van der Waals surface area contributed by atoms with Crippen LogP contribution in [0.1, 0.15) is 56.7 Å². The van der Waals surface area contributed by atoms with Crippen molar-refractivity contribution in [3.63, 3.8) is 0 Å². The molecule has 3 aromatic rings. The fourth-order valence-corrected chi connectivity index (χ4v) is 5.34. The quantitative estimate of drug-likeness (QED) is 0.442. The minimum Gasteiger partial charge on any atom is -0.393 e. The van der Waals surface area contributed by atoms with Gasteiger partial charge in [-0.25, -0.2) is 9.50 Å². The van der Waals surface area contributed by atoms with Gasteiger partial charge in [-0.15, -0.1) is 5.10 Å². The number of anilines is 1. The standard InChI is InChI=1S/C25H34F3N7O2/c1-16(15-37-2)31-24-29-11-23-21(9-22(35(23)32-24)17-3-5-20(36)6-4-17)18-10-30-34(12-18)19-13-33(14-19)8-7-25(26,27)28/h9-12,16-17,19-20,36H,3-8,13-15H2,1-2H3,(H,31,32)/t16-,17-,20-/m0/s1. The van der Waals surface area contributed by atoms with Gasteiger partial charge in [-0.05, 0) is 38.7 Å². The van der Waals surface area contributed by atoms with E-state index in [1.807, 2.05) is 28.5 Å². The van der Waals surface area contributed by atoms with E-state index >= 15 is 0 Å². The number of aliphatic hydroxyl groups excluding tert-OH is 1. The maximum absolute atomic E-state index is 12.5. The summed E-state index contributed by atoms with van der Waals surface area (Å²) in [4.78, 5) is 6.34. The molecule has 2 aliphatic rings. The van der Waals surface area contributed by atoms with Gasteiger partial charge in [0.1, 0.15) is 0 Å². The van der Waals surface area contributed by atoms with E-state index in [0.717, 1.165) is 48.0 Å². The Kier molecular flexibility index (Phi) is 7.42. The first-order valence-corrected chi connectivity index (χ1v) is 12.9. The summed E-state index contributed by atoms with van der Waals surface area (Å²) >= 11 is 0. The van der Waals surface area contributed by atoms with Crippen molar-refractivity contribution in [1.82, 2.24) is 29.3 Å². The lowest BCUT2D eigenvalue weighted by atomic mass is 9.85. The highest BCUT2D eigenvalue weighted by Gasteiger charge is 2.34. The first-order chi connectivity index (χ1) is 17.7. The molecule has 0 aromatic carbocycles. The lowest BCUT2D eigenvalue weighted by Gasteiger charge is -2.39. The van der Waals surface area contributed by atoms with E-state index < -0.39 is 12.6 Å². The molecule has 0 amide bonds. The van der Waals surface area contributed by atoms with Crippen molar-refractivity contribution >= 4 is 11.5 Å². The highest BCUT2D eigenvalue weighted by Crippen LogP contribution is 2.38. The van der Waals surface area contributed by atoms with E-state index in [-0.39, 0.29) is 30.7 Å². The summed E-state index contributed by atoms with van der Waals surface area (Å²) in [6, 6.07) is 2.25. The lowest BCUT2D eigenvalue weighted by Crippen LogP contribution is -2.48. The Balaban J connectivity index is 1.38. The summed E-state index contributed by atoms with van der Waals surface area (Å²) in [5.41, 5.74) is 3.84. The monoisotopic (exact) mass is 521 g/mol. The molecule has 0 bridgehead atoms. The van der Waals surface area contributed by atoms with Crippen molar-refractivity contribution < 1.29 is 23.0 Å². The van der Waals surface area contributed by atoms with Crippen molar-refractivity contribution in [3.05, 3.63) is 30.4 Å². The fraction of sp³-hybridized carbons (Fsp3) is 0.640. The highest BCUT2D eigenvalue weighted by molar-refractivity contribution is 5.81. The van der Waals surface area contributed by atoms with Crippen LogP contribution in [0.3, 0.4) is 0 Å². The largest absolute Gasteiger partial charge is 0.393 e. The van der Waals surface area contributed by atoms with Gasteiger partial charge < -0.3 is 15.2 Å². The molecule has 9 nitrogen and oxygen atoms in total. The number of halogens is 3. The SMILES string of the molecule is COC[C@H](C)Nc1ncc2c(-c3cnn(C4CN(CCC(F)(F)F)C4)c3)cc([C@H]3CC[C@H](O)CC3)n2n1. The van der Waals surface area contributed by atoms with E-state index in [0.29, 0.717) is 25.6 Å². The van der Waals surface area contributed by atoms with Gasteiger partial charge >= 0.3 is 6.18 Å². The van der Waals surface area contributed by atoms with Crippen LogP contribution >= 0.6 is 0 Å². The highest BCUT2D eigenvalue weighted by atomic mass is 19.4. The Morgan fingerprint density at radius 1 is 1.19 bits per heavy atom. The van der Waals surface area contributed by atoms with Crippen molar-refractivity contribution in [2.75, 3.05) is 38.7 Å². The molecule has 2 fully saturated rings. The molecular formula is C25H34F3N7O2. The molecule has 202 valence electrons. The molecule has 0 unspecified atom stereocenters. The molecular weight excluding hydrogens is 487 g/mol. The van der Waals surface area contributed by atoms with Gasteiger partial charge in [0.15, 0.2) is 0 Å². The van der Waals surface area contributed by atoms with Crippen LogP contribution in [0.15, 0.2) is 24.7 Å². The number of ether oxygens (including phenoxy) is 1. The number of likely N-dealkylation sites (tertiary alicyclic amines) is 1. The average molecular weight is 522 g/mol. The molecule has 37 heavy (non-hydrogen) atoms. The topological polar surface area (TPSA) is 92.7 Å². The van der Waals surface area contributed by atoms with E-state index in [1.54, 1.807) is 18.2 Å². The van der Waals surface area contributed by atoms with Crippen LogP contribution < -0.4 is 5.32 Å². The fourth-order valence-electron chi connectivity index (χ4n) is 5.34. The maximum atomic E-state index is 12.5. The summed E-state index contributed by atoms with van der Waals surface area (Å²) < 4.78 is 46.6. The molecule has 1 aliphatic carbocycles. The number of alkyl halides is 3. The molecule has 4 heterocycles. The van der Waals surface area contributed by atoms with Gasteiger partial charge in [-0.2, -0.15) is 18.3 Å². The minimum absolute atomic E-state index is 0.0222. The Hall–Kier alpha value is -2.70. The maximum Gasteiger partial charge on any atom is 0.390 e. The summed E-state index contributed by atoms with van der Waals surface area (Å²) in [5.74, 6) is 0.785. The molecule has 1 saturated carbocycles. The Labute approximate surface area is 213 Å². The number of hydrogen-bond acceptors (Lipinski definition) is 7. The zero-order chi connectivity index (χ0) is 26.2. The molecule has 5 rings (SSSR count). The van der Waals surface area contributed by atoms with Crippen LogP contribution in [0.2, 0.25) is 0 Å². The van der Waals surface area contributed by atoms with E-state index in [9.17, 15) is 18.3 Å². The first-order valence-electron chi connectivity index (χ1n) is 12.9. The molecule has 1 atom stereocenters. The van der Waals surface area contributed by atoms with Gasteiger partial charge in [-0.1, -0.05) is 0 Å². The normalized spacial score (nSPS) is 22.3. The number of fused-ring (bicyclic) bond motifs is 1. The predicted molar refractivity (Wildman–Crippen MR) is 133 cm³/mol. The van der Waals surface area contributed by atoms with E-state index in [4.69, 9.17) is 9.84 Å². The van der Waals surface area contributed by atoms with Crippen LogP contribution in [-0.4, -0.2) is 86.1 Å². The molecule has 2 N–H and O–H groups in total. The van der Waals surface area contributed by atoms with Gasteiger partial charge in [0.05, 0.1) is 43.1 Å². The summed E-state index contributed by atoms with van der Waals surface area (Å²) in [7, 11) is 1.65. The lowest BCUT2D eigenvalue weighted by molar-refractivity contribution is -0.141. The van der Waals surface area contributed by atoms with Crippen molar-refractivity contribution in [3.8, 4) is 11.1 Å². The molecule has 1 aliphatic heterocycles. The Morgan fingerprint density at radius 3 is 2.65 bits per heavy atom. The van der Waals surface area contributed by atoms with Crippen LogP contribution in [0.4, 0.5) is 19.1 Å². The second-order valence-corrected chi connectivity index (χ2v) is 10.4. The zero-order valence-electron chi connectivity index (χ0n) is 21.2. The Bertz CT molecular complexity index is 1200. The number of nitrogens with zero attached hydrogens (tertiary/aromatic N) is 6. The second-order valence-electron chi connectivity index (χ2n) is 10.4. The summed E-state index contributed by atoms with van der Waals surface area (Å²) in [6.45, 7) is 3.66. The second kappa shape index (κ2) is 10.6.